The smallest absolute Gasteiger partial charge is 0.123 e. The second kappa shape index (κ2) is 6.87. The Morgan fingerprint density at radius 1 is 1.06 bits per heavy atom. The number of hydrogen-bond acceptors (Lipinski definition) is 2. The number of hydrogen-bond donors (Lipinski definition) is 1. The Morgan fingerprint density at radius 2 is 1.59 bits per heavy atom. The van der Waals surface area contributed by atoms with Gasteiger partial charge in [-0.25, -0.2) is 0 Å². The number of phenols is 1. The molecule has 0 heterocycles. The Hall–Kier alpha value is -0.730. The normalized spacial score (nSPS) is 10.5. The van der Waals surface area contributed by atoms with Gasteiger partial charge in [-0.2, -0.15) is 0 Å². The first-order valence-corrected chi connectivity index (χ1v) is 6.02. The predicted molar refractivity (Wildman–Crippen MR) is 76.2 cm³/mol. The van der Waals surface area contributed by atoms with E-state index in [4.69, 9.17) is 0 Å². The zero-order chi connectivity index (χ0) is 12.3. The van der Waals surface area contributed by atoms with Crippen LogP contribution in [-0.4, -0.2) is 23.1 Å². The van der Waals surface area contributed by atoms with Crippen molar-refractivity contribution in [2.45, 2.75) is 41.2 Å². The Labute approximate surface area is 111 Å². The lowest BCUT2D eigenvalue weighted by atomic mass is 9.98. The van der Waals surface area contributed by atoms with Crippen LogP contribution in [0, 0.1) is 20.8 Å². The van der Waals surface area contributed by atoms with Crippen molar-refractivity contribution in [2.75, 3.05) is 13.1 Å². The van der Waals surface area contributed by atoms with E-state index in [-0.39, 0.29) is 12.4 Å². The SMILES string of the molecule is CCN(CC)Cc1c(C)cc(C)c(C)c1O.Cl. The highest BCUT2D eigenvalue weighted by atomic mass is 35.5. The molecule has 0 fully saturated rings. The average molecular weight is 258 g/mol. The fraction of sp³-hybridized carbons (Fsp3) is 0.571. The third-order valence-corrected chi connectivity index (χ3v) is 3.42. The van der Waals surface area contributed by atoms with Crippen LogP contribution in [0.5, 0.6) is 5.75 Å². The second-order valence-electron chi connectivity index (χ2n) is 4.42. The van der Waals surface area contributed by atoms with Crippen LogP contribution in [-0.2, 0) is 6.54 Å². The lowest BCUT2D eigenvalue weighted by molar-refractivity contribution is 0.290. The molecule has 0 spiro atoms. The highest BCUT2D eigenvalue weighted by Crippen LogP contribution is 2.29. The Morgan fingerprint density at radius 3 is 2.06 bits per heavy atom. The van der Waals surface area contributed by atoms with Crippen molar-refractivity contribution in [1.82, 2.24) is 4.90 Å². The summed E-state index contributed by atoms with van der Waals surface area (Å²) < 4.78 is 0. The third kappa shape index (κ3) is 3.62. The van der Waals surface area contributed by atoms with Crippen LogP contribution in [0.15, 0.2) is 6.07 Å². The van der Waals surface area contributed by atoms with Gasteiger partial charge in [0.15, 0.2) is 0 Å². The topological polar surface area (TPSA) is 23.5 Å². The number of rotatable bonds is 4. The van der Waals surface area contributed by atoms with Crippen LogP contribution in [0.3, 0.4) is 0 Å². The number of halogens is 1. The van der Waals surface area contributed by atoms with Gasteiger partial charge in [-0.15, -0.1) is 12.4 Å². The van der Waals surface area contributed by atoms with Crippen LogP contribution in [0.25, 0.3) is 0 Å². The summed E-state index contributed by atoms with van der Waals surface area (Å²) in [4.78, 5) is 2.32. The molecule has 17 heavy (non-hydrogen) atoms. The van der Waals surface area contributed by atoms with Crippen molar-refractivity contribution in [3.8, 4) is 5.75 Å². The van der Waals surface area contributed by atoms with E-state index in [9.17, 15) is 5.11 Å². The molecule has 0 aliphatic carbocycles. The Kier molecular flexibility index (Phi) is 6.58. The summed E-state index contributed by atoms with van der Waals surface area (Å²) in [5, 5.41) is 10.2. The minimum Gasteiger partial charge on any atom is -0.507 e. The van der Waals surface area contributed by atoms with Gasteiger partial charge in [0.25, 0.3) is 0 Å². The fourth-order valence-corrected chi connectivity index (χ4v) is 1.99. The van der Waals surface area contributed by atoms with Crippen LogP contribution in [0.2, 0.25) is 0 Å². The summed E-state index contributed by atoms with van der Waals surface area (Å²) in [7, 11) is 0. The zero-order valence-corrected chi connectivity index (χ0v) is 12.3. The molecule has 0 atom stereocenters. The molecule has 0 amide bonds. The molecule has 0 aliphatic rings. The van der Waals surface area contributed by atoms with Crippen molar-refractivity contribution in [2.24, 2.45) is 0 Å². The van der Waals surface area contributed by atoms with Gasteiger partial charge in [0.2, 0.25) is 0 Å². The van der Waals surface area contributed by atoms with Crippen LogP contribution in [0.4, 0.5) is 0 Å². The fourth-order valence-electron chi connectivity index (χ4n) is 1.99. The summed E-state index contributed by atoms with van der Waals surface area (Å²) in [5.74, 6) is 0.476. The van der Waals surface area contributed by atoms with Crippen molar-refractivity contribution >= 4 is 12.4 Å². The Balaban J connectivity index is 0.00000256. The molecule has 98 valence electrons. The molecule has 1 rings (SSSR count). The maximum absolute atomic E-state index is 10.2. The monoisotopic (exact) mass is 257 g/mol. The molecule has 0 aliphatic heterocycles. The summed E-state index contributed by atoms with van der Waals surface area (Å²) in [6.45, 7) is 13.3. The molecule has 1 N–H and O–H groups in total. The van der Waals surface area contributed by atoms with Crippen LogP contribution in [0.1, 0.15) is 36.1 Å². The predicted octanol–water partition coefficient (Wildman–Crippen LogP) is 3.58. The first-order valence-electron chi connectivity index (χ1n) is 6.02. The first kappa shape index (κ1) is 16.3. The summed E-state index contributed by atoms with van der Waals surface area (Å²) in [6, 6.07) is 2.16. The van der Waals surface area contributed by atoms with E-state index in [1.54, 1.807) is 0 Å². The molecule has 2 nitrogen and oxygen atoms in total. The quantitative estimate of drug-likeness (QED) is 0.891. The molecule has 3 heteroatoms. The van der Waals surface area contributed by atoms with Crippen LogP contribution >= 0.6 is 12.4 Å². The summed E-state index contributed by atoms with van der Waals surface area (Å²) >= 11 is 0. The van der Waals surface area contributed by atoms with Crippen LogP contribution < -0.4 is 0 Å². The molecule has 1 aromatic carbocycles. The third-order valence-electron chi connectivity index (χ3n) is 3.42. The highest BCUT2D eigenvalue weighted by molar-refractivity contribution is 5.85. The zero-order valence-electron chi connectivity index (χ0n) is 11.5. The maximum atomic E-state index is 10.2. The largest absolute Gasteiger partial charge is 0.507 e. The van der Waals surface area contributed by atoms with Gasteiger partial charge in [-0.05, 0) is 50.6 Å². The van der Waals surface area contributed by atoms with Gasteiger partial charge in [0.1, 0.15) is 5.75 Å². The van der Waals surface area contributed by atoms with Gasteiger partial charge in [-0.3, -0.25) is 4.90 Å². The molecule has 0 saturated heterocycles. The van der Waals surface area contributed by atoms with E-state index in [0.717, 1.165) is 30.8 Å². The number of aryl methyl sites for hydroxylation is 2. The maximum Gasteiger partial charge on any atom is 0.123 e. The summed E-state index contributed by atoms with van der Waals surface area (Å²) in [6.07, 6.45) is 0. The number of phenolic OH excluding ortho intramolecular Hbond substituents is 1. The molecule has 1 aromatic rings. The molecule has 0 radical (unpaired) electrons. The van der Waals surface area contributed by atoms with E-state index in [2.05, 4.69) is 31.7 Å². The lowest BCUT2D eigenvalue weighted by Gasteiger charge is -2.21. The standard InChI is InChI=1S/C14H23NO.ClH/c1-6-15(7-2)9-13-11(4)8-10(3)12(5)14(13)16;/h8,16H,6-7,9H2,1-5H3;1H. The van der Waals surface area contributed by atoms with Gasteiger partial charge in [-0.1, -0.05) is 19.9 Å². The molecular formula is C14H24ClNO. The Bertz CT molecular complexity index is 373. The number of aromatic hydroxyl groups is 1. The van der Waals surface area contributed by atoms with E-state index in [1.807, 2.05) is 13.8 Å². The van der Waals surface area contributed by atoms with E-state index in [0.29, 0.717) is 5.75 Å². The molecule has 0 aromatic heterocycles. The van der Waals surface area contributed by atoms with Crippen molar-refractivity contribution in [1.29, 1.82) is 0 Å². The highest BCUT2D eigenvalue weighted by Gasteiger charge is 2.12. The lowest BCUT2D eigenvalue weighted by Crippen LogP contribution is -2.22. The van der Waals surface area contributed by atoms with Crippen molar-refractivity contribution in [3.05, 3.63) is 28.3 Å². The minimum absolute atomic E-state index is 0. The number of benzene rings is 1. The van der Waals surface area contributed by atoms with Gasteiger partial charge in [0.05, 0.1) is 0 Å². The second-order valence-corrected chi connectivity index (χ2v) is 4.42. The van der Waals surface area contributed by atoms with Crippen molar-refractivity contribution < 1.29 is 5.11 Å². The van der Waals surface area contributed by atoms with E-state index >= 15 is 0 Å². The van der Waals surface area contributed by atoms with Gasteiger partial charge < -0.3 is 5.11 Å². The first-order chi connectivity index (χ1) is 7.51. The van der Waals surface area contributed by atoms with Gasteiger partial charge >= 0.3 is 0 Å². The molecule has 0 saturated carbocycles. The van der Waals surface area contributed by atoms with E-state index in [1.165, 1.54) is 11.1 Å². The average Bonchev–Trinajstić information content (AvgIpc) is 2.27. The molecule has 0 unspecified atom stereocenters. The molecular weight excluding hydrogens is 234 g/mol. The van der Waals surface area contributed by atoms with Gasteiger partial charge in [0, 0.05) is 12.1 Å². The van der Waals surface area contributed by atoms with E-state index < -0.39 is 0 Å². The van der Waals surface area contributed by atoms with Crippen molar-refractivity contribution in [3.63, 3.8) is 0 Å². The number of nitrogens with zero attached hydrogens (tertiary/aromatic N) is 1. The molecule has 0 bridgehead atoms. The summed E-state index contributed by atoms with van der Waals surface area (Å²) in [5.41, 5.74) is 4.44. The minimum atomic E-state index is 0.